The molecule has 1 aromatic carbocycles. The lowest BCUT2D eigenvalue weighted by Crippen LogP contribution is -2.30. The number of hydrogen-bond donors (Lipinski definition) is 2. The molecule has 0 unspecified atom stereocenters. The fourth-order valence-electron chi connectivity index (χ4n) is 2.28. The number of carbonyl (C=O) groups excluding carboxylic acids is 2. The van der Waals surface area contributed by atoms with Gasteiger partial charge in [-0.15, -0.1) is 11.3 Å². The molecule has 2 aromatic heterocycles. The number of nitrogens with zero attached hydrogens (tertiary/aromatic N) is 2. The first-order valence-electron chi connectivity index (χ1n) is 7.89. The molecule has 0 radical (unpaired) electrons. The molecular weight excluding hydrogens is 352 g/mol. The number of anilines is 2. The zero-order valence-electron chi connectivity index (χ0n) is 14.4. The van der Waals surface area contributed by atoms with E-state index in [1.165, 1.54) is 6.26 Å². The van der Waals surface area contributed by atoms with Crippen molar-refractivity contribution < 1.29 is 14.0 Å². The highest BCUT2D eigenvalue weighted by atomic mass is 32.1. The maximum absolute atomic E-state index is 12.3. The average Bonchev–Trinajstić information content (AvgIpc) is 3.27. The average molecular weight is 370 g/mol. The fourth-order valence-corrected chi connectivity index (χ4v) is 3.13. The molecule has 3 rings (SSSR count). The van der Waals surface area contributed by atoms with Crippen LogP contribution in [0.1, 0.15) is 20.4 Å². The van der Waals surface area contributed by atoms with E-state index in [1.807, 2.05) is 6.92 Å². The van der Waals surface area contributed by atoms with Gasteiger partial charge < -0.3 is 20.0 Å². The Bertz CT molecular complexity index is 905. The molecule has 2 N–H and O–H groups in total. The quantitative estimate of drug-likeness (QED) is 0.712. The third-order valence-corrected chi connectivity index (χ3v) is 4.42. The summed E-state index contributed by atoms with van der Waals surface area (Å²) in [5.74, 6) is -0.129. The van der Waals surface area contributed by atoms with E-state index in [4.69, 9.17) is 4.42 Å². The number of aryl methyl sites for hydroxylation is 1. The molecule has 0 spiro atoms. The Morgan fingerprint density at radius 1 is 1.19 bits per heavy atom. The van der Waals surface area contributed by atoms with Gasteiger partial charge in [0, 0.05) is 29.5 Å². The second-order valence-corrected chi connectivity index (χ2v) is 6.96. The van der Waals surface area contributed by atoms with E-state index in [1.54, 1.807) is 65.9 Å². The van der Waals surface area contributed by atoms with Crippen molar-refractivity contribution >= 4 is 34.6 Å². The second-order valence-electron chi connectivity index (χ2n) is 5.64. The molecule has 7 nitrogen and oxygen atoms in total. The summed E-state index contributed by atoms with van der Waals surface area (Å²) < 4.78 is 5.06. The summed E-state index contributed by atoms with van der Waals surface area (Å²) in [6.45, 7) is 2.41. The van der Waals surface area contributed by atoms with Gasteiger partial charge in [0.25, 0.3) is 5.91 Å². The zero-order valence-corrected chi connectivity index (χ0v) is 15.2. The number of amides is 3. The largest absolute Gasteiger partial charge is 0.459 e. The third kappa shape index (κ3) is 4.48. The summed E-state index contributed by atoms with van der Waals surface area (Å²) in [4.78, 5) is 31.1. The van der Waals surface area contributed by atoms with Crippen LogP contribution < -0.4 is 10.6 Å². The fraction of sp³-hybridized carbons (Fsp3) is 0.167. The molecule has 26 heavy (non-hydrogen) atoms. The Labute approximate surface area is 154 Å². The van der Waals surface area contributed by atoms with Gasteiger partial charge >= 0.3 is 6.03 Å². The predicted molar refractivity (Wildman–Crippen MR) is 100 cm³/mol. The Balaban J connectivity index is 1.60. The molecule has 0 atom stereocenters. The van der Waals surface area contributed by atoms with Gasteiger partial charge in [-0.1, -0.05) is 6.07 Å². The van der Waals surface area contributed by atoms with Crippen LogP contribution in [0.2, 0.25) is 0 Å². The van der Waals surface area contributed by atoms with Gasteiger partial charge in [-0.2, -0.15) is 0 Å². The van der Waals surface area contributed by atoms with Gasteiger partial charge in [0.1, 0.15) is 0 Å². The highest BCUT2D eigenvalue weighted by Crippen LogP contribution is 2.18. The van der Waals surface area contributed by atoms with Crippen molar-refractivity contribution in [2.45, 2.75) is 13.5 Å². The second kappa shape index (κ2) is 7.83. The summed E-state index contributed by atoms with van der Waals surface area (Å²) in [6, 6.07) is 9.91. The van der Waals surface area contributed by atoms with Gasteiger partial charge in [-0.05, 0) is 37.3 Å². The number of hydrogen-bond acceptors (Lipinski definition) is 5. The summed E-state index contributed by atoms with van der Waals surface area (Å²) in [7, 11) is 1.72. The van der Waals surface area contributed by atoms with Gasteiger partial charge in [0.05, 0.1) is 17.8 Å². The Kier molecular flexibility index (Phi) is 5.33. The number of rotatable bonds is 5. The lowest BCUT2D eigenvalue weighted by molar-refractivity contribution is 0.0996. The minimum atomic E-state index is -0.351. The molecule has 0 fully saturated rings. The molecule has 0 aliphatic carbocycles. The zero-order chi connectivity index (χ0) is 18.5. The summed E-state index contributed by atoms with van der Waals surface area (Å²) >= 11 is 1.56. The molecule has 3 aromatic rings. The summed E-state index contributed by atoms with van der Waals surface area (Å²) in [5.41, 5.74) is 1.14. The highest BCUT2D eigenvalue weighted by Gasteiger charge is 2.12. The maximum atomic E-state index is 12.3. The lowest BCUT2D eigenvalue weighted by atomic mass is 10.2. The van der Waals surface area contributed by atoms with Crippen molar-refractivity contribution in [1.29, 1.82) is 0 Å². The molecule has 3 amide bonds. The third-order valence-electron chi connectivity index (χ3n) is 3.53. The van der Waals surface area contributed by atoms with Crippen molar-refractivity contribution in [2.75, 3.05) is 17.7 Å². The van der Waals surface area contributed by atoms with Crippen molar-refractivity contribution in [3.63, 3.8) is 0 Å². The number of aromatic nitrogens is 1. The molecule has 0 saturated heterocycles. The van der Waals surface area contributed by atoms with E-state index >= 15 is 0 Å². The van der Waals surface area contributed by atoms with E-state index in [-0.39, 0.29) is 17.7 Å². The first kappa shape index (κ1) is 17.7. The van der Waals surface area contributed by atoms with Crippen molar-refractivity contribution in [1.82, 2.24) is 9.88 Å². The summed E-state index contributed by atoms with van der Waals surface area (Å²) in [6.07, 6.45) is 3.21. The van der Waals surface area contributed by atoms with Crippen molar-refractivity contribution in [3.05, 3.63) is 64.5 Å². The topological polar surface area (TPSA) is 87.5 Å². The highest BCUT2D eigenvalue weighted by molar-refractivity contribution is 7.11. The van der Waals surface area contributed by atoms with Crippen LogP contribution in [0.15, 0.2) is 53.3 Å². The minimum Gasteiger partial charge on any atom is -0.459 e. The van der Waals surface area contributed by atoms with Crippen LogP contribution in [0.3, 0.4) is 0 Å². The Morgan fingerprint density at radius 2 is 1.96 bits per heavy atom. The van der Waals surface area contributed by atoms with Gasteiger partial charge in [0.15, 0.2) is 5.76 Å². The molecule has 0 bridgehead atoms. The van der Waals surface area contributed by atoms with Crippen LogP contribution >= 0.6 is 11.3 Å². The van der Waals surface area contributed by atoms with E-state index in [9.17, 15) is 9.59 Å². The van der Waals surface area contributed by atoms with Crippen molar-refractivity contribution in [3.8, 4) is 0 Å². The van der Waals surface area contributed by atoms with E-state index in [2.05, 4.69) is 15.6 Å². The van der Waals surface area contributed by atoms with Crippen LogP contribution in [-0.4, -0.2) is 28.9 Å². The molecule has 0 aliphatic rings. The molecule has 8 heteroatoms. The standard InChI is InChI=1S/C18H18N4O3S/c1-12-19-10-15(26-12)11-22(2)18(24)21-14-6-3-5-13(9-14)20-17(23)16-7-4-8-25-16/h3-10H,11H2,1-2H3,(H,20,23)(H,21,24). The van der Waals surface area contributed by atoms with Crippen LogP contribution in [0.25, 0.3) is 0 Å². The molecule has 0 aliphatic heterocycles. The van der Waals surface area contributed by atoms with Crippen LogP contribution in [0, 0.1) is 6.92 Å². The Morgan fingerprint density at radius 3 is 2.62 bits per heavy atom. The van der Waals surface area contributed by atoms with E-state index in [0.29, 0.717) is 17.9 Å². The molecule has 2 heterocycles. The van der Waals surface area contributed by atoms with Crippen molar-refractivity contribution in [2.24, 2.45) is 0 Å². The maximum Gasteiger partial charge on any atom is 0.321 e. The van der Waals surface area contributed by atoms with E-state index in [0.717, 1.165) is 9.88 Å². The molecule has 134 valence electrons. The summed E-state index contributed by atoms with van der Waals surface area (Å²) in [5, 5.41) is 6.51. The van der Waals surface area contributed by atoms with E-state index < -0.39 is 0 Å². The first-order chi connectivity index (χ1) is 12.5. The van der Waals surface area contributed by atoms with Crippen LogP contribution in [-0.2, 0) is 6.54 Å². The number of nitrogens with one attached hydrogen (secondary N) is 2. The number of urea groups is 1. The smallest absolute Gasteiger partial charge is 0.321 e. The number of furan rings is 1. The molecular formula is C18H18N4O3S. The van der Waals surface area contributed by atoms with Crippen LogP contribution in [0.4, 0.5) is 16.2 Å². The number of benzene rings is 1. The number of carbonyl (C=O) groups is 2. The first-order valence-corrected chi connectivity index (χ1v) is 8.71. The number of thiazole rings is 1. The predicted octanol–water partition coefficient (Wildman–Crippen LogP) is 3.96. The lowest BCUT2D eigenvalue weighted by Gasteiger charge is -2.17. The Hall–Kier alpha value is -3.13. The SMILES string of the molecule is Cc1ncc(CN(C)C(=O)Nc2cccc(NC(=O)c3ccco3)c2)s1. The molecule has 0 saturated carbocycles. The monoisotopic (exact) mass is 370 g/mol. The van der Waals surface area contributed by atoms with Crippen LogP contribution in [0.5, 0.6) is 0 Å². The van der Waals surface area contributed by atoms with Gasteiger partial charge in [0.2, 0.25) is 0 Å². The van der Waals surface area contributed by atoms with Gasteiger partial charge in [-0.25, -0.2) is 9.78 Å². The van der Waals surface area contributed by atoms with Gasteiger partial charge in [-0.3, -0.25) is 4.79 Å². The minimum absolute atomic E-state index is 0.221. The normalized spacial score (nSPS) is 10.4.